The van der Waals surface area contributed by atoms with Gasteiger partial charge in [-0.2, -0.15) is 10.2 Å². The zero-order valence-electron chi connectivity index (χ0n) is 7.19. The van der Waals surface area contributed by atoms with E-state index in [1.807, 2.05) is 0 Å². The van der Waals surface area contributed by atoms with E-state index in [9.17, 15) is 9.59 Å². The SMILES string of the molecule is O=C(CCl)N1N2CCN1N2C(=O)CCl. The lowest BCUT2D eigenvalue weighted by molar-refractivity contribution is -0.409. The topological polar surface area (TPSA) is 47.1 Å². The second-order valence-corrected chi connectivity index (χ2v) is 3.36. The van der Waals surface area contributed by atoms with Gasteiger partial charge in [-0.25, -0.2) is 0 Å². The molecule has 0 unspecified atom stereocenters. The lowest BCUT2D eigenvalue weighted by Crippen LogP contribution is -2.74. The van der Waals surface area contributed by atoms with Crippen LogP contribution in [0, 0.1) is 0 Å². The van der Waals surface area contributed by atoms with E-state index in [0.717, 1.165) is 0 Å². The summed E-state index contributed by atoms with van der Waals surface area (Å²) in [6.45, 7) is 1.20. The standard InChI is InChI=1S/C6H8Cl2N4O2/c7-3-5(13)11-9-1-2-10(11)12(9)6(14)4-8/h1-4H2. The van der Waals surface area contributed by atoms with E-state index in [1.165, 1.54) is 20.5 Å². The Morgan fingerprint density at radius 3 is 1.57 bits per heavy atom. The maximum absolute atomic E-state index is 11.3. The van der Waals surface area contributed by atoms with Crippen LogP contribution in [0.5, 0.6) is 0 Å². The van der Waals surface area contributed by atoms with Gasteiger partial charge in [-0.05, 0) is 0 Å². The van der Waals surface area contributed by atoms with Crippen molar-refractivity contribution in [3.05, 3.63) is 0 Å². The number of carbonyl (C=O) groups excluding carboxylic acids is 2. The number of alkyl halides is 2. The molecule has 0 radical (unpaired) electrons. The van der Waals surface area contributed by atoms with Gasteiger partial charge in [0.1, 0.15) is 11.8 Å². The first-order valence-corrected chi connectivity index (χ1v) is 5.10. The van der Waals surface area contributed by atoms with Gasteiger partial charge in [0.2, 0.25) is 0 Å². The average molecular weight is 239 g/mol. The minimum Gasteiger partial charge on any atom is -0.270 e. The van der Waals surface area contributed by atoms with Crippen LogP contribution in [0.2, 0.25) is 0 Å². The lowest BCUT2D eigenvalue weighted by atomic mass is 10.7. The molecule has 0 saturated carbocycles. The third kappa shape index (κ3) is 1.18. The lowest BCUT2D eigenvalue weighted by Gasteiger charge is -2.51. The second kappa shape index (κ2) is 3.54. The molecule has 14 heavy (non-hydrogen) atoms. The van der Waals surface area contributed by atoms with Crippen LogP contribution in [0.3, 0.4) is 0 Å². The third-order valence-electron chi connectivity index (χ3n) is 2.05. The monoisotopic (exact) mass is 238 g/mol. The molecule has 2 amide bonds. The Labute approximate surface area is 90.4 Å². The summed E-state index contributed by atoms with van der Waals surface area (Å²) in [5.41, 5.74) is 0. The summed E-state index contributed by atoms with van der Waals surface area (Å²) in [6, 6.07) is 0. The summed E-state index contributed by atoms with van der Waals surface area (Å²) >= 11 is 10.8. The molecule has 6 nitrogen and oxygen atoms in total. The van der Waals surface area contributed by atoms with Crippen LogP contribution in [0.4, 0.5) is 0 Å². The minimum absolute atomic E-state index is 0.101. The largest absolute Gasteiger partial charge is 0.270 e. The van der Waals surface area contributed by atoms with Crippen molar-refractivity contribution in [2.45, 2.75) is 0 Å². The molecule has 0 aromatic rings. The Kier molecular flexibility index (Phi) is 2.52. The Morgan fingerprint density at radius 1 is 0.929 bits per heavy atom. The zero-order chi connectivity index (χ0) is 10.3. The minimum atomic E-state index is -0.247. The van der Waals surface area contributed by atoms with E-state index < -0.39 is 0 Å². The number of amides is 2. The highest BCUT2D eigenvalue weighted by atomic mass is 35.5. The molecule has 3 saturated heterocycles. The van der Waals surface area contributed by atoms with Crippen molar-refractivity contribution in [2.75, 3.05) is 24.8 Å². The highest BCUT2D eigenvalue weighted by Crippen LogP contribution is 2.30. The van der Waals surface area contributed by atoms with Crippen LogP contribution in [-0.2, 0) is 9.59 Å². The van der Waals surface area contributed by atoms with Gasteiger partial charge in [-0.3, -0.25) is 9.59 Å². The van der Waals surface area contributed by atoms with Crippen LogP contribution < -0.4 is 0 Å². The van der Waals surface area contributed by atoms with Crippen molar-refractivity contribution in [1.29, 1.82) is 0 Å². The average Bonchev–Trinajstić information content (AvgIpc) is 2.77. The Hall–Kier alpha value is -0.560. The van der Waals surface area contributed by atoms with E-state index in [2.05, 4.69) is 0 Å². The molecule has 0 atom stereocenters. The predicted molar refractivity (Wildman–Crippen MR) is 48.5 cm³/mol. The van der Waals surface area contributed by atoms with E-state index in [0.29, 0.717) is 13.1 Å². The molecule has 2 bridgehead atoms. The van der Waals surface area contributed by atoms with Gasteiger partial charge >= 0.3 is 0 Å². The second-order valence-electron chi connectivity index (χ2n) is 2.83. The number of halogens is 2. The summed E-state index contributed by atoms with van der Waals surface area (Å²) in [5.74, 6) is -0.697. The first-order chi connectivity index (χ1) is 6.70. The molecule has 3 fully saturated rings. The van der Waals surface area contributed by atoms with E-state index in [1.54, 1.807) is 0 Å². The normalized spacial score (nSPS) is 29.0. The molecule has 8 heteroatoms. The van der Waals surface area contributed by atoms with Crippen LogP contribution >= 0.6 is 23.2 Å². The van der Waals surface area contributed by atoms with Crippen LogP contribution in [0.25, 0.3) is 0 Å². The van der Waals surface area contributed by atoms with Gasteiger partial charge in [0.15, 0.2) is 0 Å². The summed E-state index contributed by atoms with van der Waals surface area (Å²) in [6.07, 6.45) is 0. The molecule has 0 aromatic heterocycles. The van der Waals surface area contributed by atoms with E-state index in [-0.39, 0.29) is 23.6 Å². The fraction of sp³-hybridized carbons (Fsp3) is 0.667. The fourth-order valence-electron chi connectivity index (χ4n) is 1.55. The van der Waals surface area contributed by atoms with Gasteiger partial charge in [0, 0.05) is 0 Å². The maximum atomic E-state index is 11.3. The van der Waals surface area contributed by atoms with Crippen LogP contribution in [0.1, 0.15) is 0 Å². The highest BCUT2D eigenvalue weighted by molar-refractivity contribution is 6.27. The maximum Gasteiger partial charge on any atom is 0.269 e. The molecule has 0 aliphatic carbocycles. The van der Waals surface area contributed by atoms with Crippen LogP contribution in [-0.4, -0.2) is 57.1 Å². The molecule has 3 rings (SSSR count). The first kappa shape index (κ1) is 9.97. The zero-order valence-corrected chi connectivity index (χ0v) is 8.70. The van der Waals surface area contributed by atoms with Crippen molar-refractivity contribution in [2.24, 2.45) is 0 Å². The van der Waals surface area contributed by atoms with Gasteiger partial charge < -0.3 is 0 Å². The quantitative estimate of drug-likeness (QED) is 0.604. The number of hydrogen-bond acceptors (Lipinski definition) is 4. The van der Waals surface area contributed by atoms with Crippen molar-refractivity contribution >= 4 is 35.0 Å². The molecule has 0 aromatic carbocycles. The van der Waals surface area contributed by atoms with Crippen molar-refractivity contribution in [3.8, 4) is 0 Å². The number of hydrazine groups is 4. The summed E-state index contributed by atoms with van der Waals surface area (Å²) in [5, 5.41) is 5.74. The molecular weight excluding hydrogens is 231 g/mol. The number of hydrogen-bond donors (Lipinski definition) is 0. The summed E-state index contributed by atoms with van der Waals surface area (Å²) in [4.78, 5) is 22.5. The number of rotatable bonds is 2. The van der Waals surface area contributed by atoms with Gasteiger partial charge in [-0.1, -0.05) is 10.2 Å². The molecular formula is C6H8Cl2N4O2. The molecule has 78 valence electrons. The fourth-order valence-corrected chi connectivity index (χ4v) is 1.76. The predicted octanol–water partition coefficient (Wildman–Crippen LogP) is -0.588. The van der Waals surface area contributed by atoms with Crippen molar-refractivity contribution in [1.82, 2.24) is 20.5 Å². The van der Waals surface area contributed by atoms with E-state index >= 15 is 0 Å². The summed E-state index contributed by atoms with van der Waals surface area (Å²) in [7, 11) is 0. The molecule has 0 spiro atoms. The Morgan fingerprint density at radius 2 is 1.29 bits per heavy atom. The smallest absolute Gasteiger partial charge is 0.269 e. The van der Waals surface area contributed by atoms with Gasteiger partial charge in [-0.15, -0.1) is 23.2 Å². The number of fused-ring (bicyclic) bond motifs is 1. The summed E-state index contributed by atoms with van der Waals surface area (Å²) < 4.78 is 0. The highest BCUT2D eigenvalue weighted by Gasteiger charge is 2.54. The number of nitrogens with zero attached hydrogens (tertiary/aromatic N) is 4. The Balaban J connectivity index is 2.05. The van der Waals surface area contributed by atoms with Gasteiger partial charge in [0.25, 0.3) is 11.8 Å². The molecule has 0 N–H and O–H groups in total. The number of carbonyl (C=O) groups is 2. The van der Waals surface area contributed by atoms with Crippen LogP contribution in [0.15, 0.2) is 0 Å². The third-order valence-corrected chi connectivity index (χ3v) is 2.51. The Bertz CT molecular complexity index is 251. The van der Waals surface area contributed by atoms with Gasteiger partial charge in [0.05, 0.1) is 13.1 Å². The van der Waals surface area contributed by atoms with Crippen molar-refractivity contribution < 1.29 is 9.59 Å². The molecule has 3 aliphatic rings. The first-order valence-electron chi connectivity index (χ1n) is 4.03. The van der Waals surface area contributed by atoms with E-state index in [4.69, 9.17) is 23.2 Å². The molecule has 3 aliphatic heterocycles. The molecule has 3 heterocycles. The van der Waals surface area contributed by atoms with Crippen molar-refractivity contribution in [3.63, 3.8) is 0 Å².